The molecule has 14 bridgehead atoms. The molecule has 15 aliphatic carbocycles. The van der Waals surface area contributed by atoms with Gasteiger partial charge in [0.05, 0.1) is 122 Å². The monoisotopic (exact) mass is 2060 g/mol. The highest BCUT2D eigenvalue weighted by Gasteiger charge is 2.74. The fourth-order valence-electron chi connectivity index (χ4n) is 26.5. The fourth-order valence-corrected chi connectivity index (χ4v) is 26.5. The molecule has 19 fully saturated rings. The zero-order valence-corrected chi connectivity index (χ0v) is 87.1. The first kappa shape index (κ1) is 117. The van der Waals surface area contributed by atoms with Crippen molar-refractivity contribution in [3.05, 3.63) is 108 Å². The van der Waals surface area contributed by atoms with Gasteiger partial charge in [-0.3, -0.25) is 43.2 Å². The first-order valence-electron chi connectivity index (χ1n) is 50.9. The second-order valence-electron chi connectivity index (χ2n) is 42.4. The molecule has 0 aromatic carbocycles. The standard InChI is InChI=1S/C21H28O6.C17H20O8.C16H18O8.C15H18O6.C9H10N2.C9H13N.C8H11N.3C5H8O2/c1-4-21(7-5-6-8-21)27-20(24)15-12-9-13-16(15)19(23)26-17(13)14(12)10-25-18(22)11(2)3;1-7(2)15(19)23-5-4-10(18)24-13-8-6-9-12(11(8)16(20)22-3)17(21)25-14(9)13;1-6(2)14(18)22-5-9(17)23-12-7-4-8-11(10(7)15(19)21-3)16(20)24-13(8)12;1-6(2)13(16)20-5-9-7-4-8-11(10(7)14(17)19-3)15(18)21-12(8)9;1-11-9-7-3-2-6(4-7)8(9)5-10;1-10-6-9-5-7-2-3-8(9)4-7;9-5-8-4-6-1-2-7(8)3-6;3*1-4(2)5(6)7-3/h12-17H,2,4-10H2,1,3H3;8-9,11-14H,1,4-6H2,2-3H3;7-8,10-13H,1,4-5H2,2-3H3;7-12H,1,4-5H2,2-3H3;6-9H,2-4H2;7-9H,2-6H2;6-8H,1-4H2;3*1H2,2-3H3. The average Bonchev–Trinajstić information content (AvgIpc) is 1.57. The summed E-state index contributed by atoms with van der Waals surface area (Å²) in [7, 11) is 7.83. The van der Waals surface area contributed by atoms with E-state index in [4.69, 9.17) is 90.0 Å². The van der Waals surface area contributed by atoms with Gasteiger partial charge >= 0.3 is 101 Å². The molecule has 148 heavy (non-hydrogen) atoms. The Hall–Kier alpha value is -12.9. The Morgan fingerprint density at radius 1 is 0.399 bits per heavy atom. The molecule has 38 nitrogen and oxygen atoms in total. The molecule has 0 amide bonds. The van der Waals surface area contributed by atoms with E-state index < -0.39 is 132 Å². The van der Waals surface area contributed by atoms with Crippen LogP contribution in [0.1, 0.15) is 190 Å². The molecule has 34 unspecified atom stereocenters. The van der Waals surface area contributed by atoms with Crippen molar-refractivity contribution in [1.82, 2.24) is 0 Å². The molecule has 4 aliphatic heterocycles. The number of fused-ring (bicyclic) bond motifs is 10. The Labute approximate surface area is 863 Å². The minimum Gasteiger partial charge on any atom is -0.469 e. The summed E-state index contributed by atoms with van der Waals surface area (Å²) < 4.78 is 85.8. The number of carbonyl (C=O) groups is 17. The van der Waals surface area contributed by atoms with E-state index in [9.17, 15) is 81.5 Å². The smallest absolute Gasteiger partial charge is 0.344 e. The number of rotatable bonds is 25. The maximum absolute atomic E-state index is 13.1. The zero-order chi connectivity index (χ0) is 109. The predicted octanol–water partition coefficient (Wildman–Crippen LogP) is 12.2. The van der Waals surface area contributed by atoms with E-state index in [1.54, 1.807) is 34.6 Å². The molecule has 0 N–H and O–H groups in total. The molecule has 4 heterocycles. The molecule has 34 atom stereocenters. The van der Waals surface area contributed by atoms with Crippen molar-refractivity contribution in [3.63, 3.8) is 0 Å². The van der Waals surface area contributed by atoms with Crippen molar-refractivity contribution in [1.29, 1.82) is 10.5 Å². The third-order valence-corrected chi connectivity index (χ3v) is 33.3. The first-order valence-corrected chi connectivity index (χ1v) is 50.9. The van der Waals surface area contributed by atoms with E-state index in [2.05, 4.69) is 89.0 Å². The van der Waals surface area contributed by atoms with Crippen molar-refractivity contribution in [3.8, 4) is 12.1 Å². The van der Waals surface area contributed by atoms with Crippen LogP contribution in [0.5, 0.6) is 0 Å². The maximum Gasteiger partial charge on any atom is 0.344 e. The first-order chi connectivity index (χ1) is 70.2. The summed E-state index contributed by atoms with van der Waals surface area (Å²) in [5.41, 5.74) is 1.99. The van der Waals surface area contributed by atoms with E-state index in [1.165, 1.54) is 121 Å². The third kappa shape index (κ3) is 26.3. The van der Waals surface area contributed by atoms with Crippen molar-refractivity contribution in [2.45, 2.75) is 238 Å². The number of nitrogens with zero attached hydrogens (tertiary/aromatic N) is 4. The fraction of sp³-hybridized carbons (Fsp3) is 0.682. The van der Waals surface area contributed by atoms with E-state index in [1.807, 2.05) is 0 Å². The Morgan fingerprint density at radius 3 is 1.10 bits per heavy atom. The molecular formula is C110H142N4O34. The van der Waals surface area contributed by atoms with Gasteiger partial charge in [-0.05, 0) is 205 Å². The number of ether oxygens (including phenoxy) is 17. The van der Waals surface area contributed by atoms with Crippen molar-refractivity contribution < 1.29 is 162 Å². The number of nitriles is 2. The van der Waals surface area contributed by atoms with Gasteiger partial charge in [-0.2, -0.15) is 10.5 Å². The molecule has 0 radical (unpaired) electrons. The lowest BCUT2D eigenvalue weighted by Gasteiger charge is -2.34. The van der Waals surface area contributed by atoms with Crippen LogP contribution < -0.4 is 0 Å². The van der Waals surface area contributed by atoms with Gasteiger partial charge < -0.3 is 90.2 Å². The highest BCUT2D eigenvalue weighted by Crippen LogP contribution is 2.65. The molecule has 15 saturated carbocycles. The topological polar surface area (TPSA) is 503 Å². The zero-order valence-electron chi connectivity index (χ0n) is 87.1. The van der Waals surface area contributed by atoms with Crippen molar-refractivity contribution >= 4 is 101 Å². The Bertz CT molecular complexity index is 5220. The van der Waals surface area contributed by atoms with Gasteiger partial charge in [0.25, 0.3) is 0 Å². The van der Waals surface area contributed by atoms with Crippen LogP contribution in [0.25, 0.3) is 9.69 Å². The normalized spacial score (nSPS) is 34.4. The maximum atomic E-state index is 13.1. The van der Waals surface area contributed by atoms with Crippen LogP contribution in [0.4, 0.5) is 0 Å². The molecule has 19 aliphatic rings. The van der Waals surface area contributed by atoms with Crippen molar-refractivity contribution in [2.24, 2.45) is 160 Å². The quantitative estimate of drug-likeness (QED) is 0.0354. The molecule has 0 aromatic heterocycles. The molecule has 4 saturated heterocycles. The minimum atomic E-state index is -0.759. The minimum absolute atomic E-state index is 0.0261. The van der Waals surface area contributed by atoms with Gasteiger partial charge in [0, 0.05) is 104 Å². The van der Waals surface area contributed by atoms with Crippen LogP contribution in [-0.2, 0) is 162 Å². The van der Waals surface area contributed by atoms with Gasteiger partial charge in [0.1, 0.15) is 54.7 Å². The summed E-state index contributed by atoms with van der Waals surface area (Å²) in [4.78, 5) is 205. The van der Waals surface area contributed by atoms with E-state index in [-0.39, 0.29) is 174 Å². The van der Waals surface area contributed by atoms with Crippen LogP contribution in [0.2, 0.25) is 0 Å². The molecular weight excluding hydrogens is 1920 g/mol. The molecule has 0 spiro atoms. The lowest BCUT2D eigenvalue weighted by atomic mass is 9.74. The van der Waals surface area contributed by atoms with E-state index >= 15 is 0 Å². The van der Waals surface area contributed by atoms with Gasteiger partial charge in [-0.15, -0.1) is 0 Å². The highest BCUT2D eigenvalue weighted by atomic mass is 16.6. The molecule has 38 heteroatoms. The van der Waals surface area contributed by atoms with Gasteiger partial charge in [-0.25, -0.2) is 51.5 Å². The van der Waals surface area contributed by atoms with Gasteiger partial charge in [-0.1, -0.05) is 65.8 Å². The second kappa shape index (κ2) is 51.8. The molecule has 806 valence electrons. The van der Waals surface area contributed by atoms with Crippen LogP contribution in [0, 0.1) is 196 Å². The van der Waals surface area contributed by atoms with Crippen LogP contribution in [0.3, 0.4) is 0 Å². The summed E-state index contributed by atoms with van der Waals surface area (Å²) in [5.74, 6) is -6.80. The Balaban J connectivity index is 0.000000175. The summed E-state index contributed by atoms with van der Waals surface area (Å²) in [6, 6.07) is 4.72. The number of methoxy groups -OCH3 is 6. The number of esters is 17. The Morgan fingerprint density at radius 2 is 0.764 bits per heavy atom. The van der Waals surface area contributed by atoms with E-state index in [0.717, 1.165) is 87.5 Å². The largest absolute Gasteiger partial charge is 0.469 e. The summed E-state index contributed by atoms with van der Waals surface area (Å²) in [5, 5.41) is 17.4. The lowest BCUT2D eigenvalue weighted by molar-refractivity contribution is -0.171. The number of carbonyl (C=O) groups excluding carboxylic acids is 17. The Kier molecular flexibility index (Phi) is 41.0. The third-order valence-electron chi connectivity index (χ3n) is 33.3. The molecule has 19 rings (SSSR count). The molecule has 0 aromatic rings. The predicted molar refractivity (Wildman–Crippen MR) is 518 cm³/mol. The van der Waals surface area contributed by atoms with Crippen LogP contribution >= 0.6 is 0 Å². The van der Waals surface area contributed by atoms with Crippen LogP contribution in [-0.4, -0.2) is 225 Å². The summed E-state index contributed by atoms with van der Waals surface area (Å²) in [6.07, 6.45) is 18.9. The SMILES string of the molecule is C=C(C)C(=O)OC.C=C(C)C(=O)OC.C=C(C)C(=O)OC.C=C(C)C(=O)OCC(=O)OC1C2CC3C1OC(=O)C3C2C(=O)OC.C=C(C)C(=O)OCC1C2CC3C1OC(=O)C3C2C(=O)OC.C=C(C)C(=O)OCC1C2CC3C1OC(=O)C3C2C(=O)OC1(CC)CCCC1.C=C(C)C(=O)OCCC(=O)OC1C2CC3C1OC(=O)C3C2C(=O)OC.N#CC1CC2CCC1C2.[C-]#[N+]C1C2CCC(C2)C1C#N.[C-]#[N+]CC1CC2CCC1C2. The van der Waals surface area contributed by atoms with Gasteiger partial charge in [0.15, 0.2) is 6.61 Å². The lowest BCUT2D eigenvalue weighted by Crippen LogP contribution is -2.44. The van der Waals surface area contributed by atoms with E-state index in [0.29, 0.717) is 58.5 Å². The van der Waals surface area contributed by atoms with Crippen LogP contribution in [0.15, 0.2) is 85.1 Å². The highest BCUT2D eigenvalue weighted by molar-refractivity contribution is 5.93. The number of hydrogen-bond donors (Lipinski definition) is 0. The van der Waals surface area contributed by atoms with Gasteiger partial charge in [0.2, 0.25) is 12.6 Å². The average molecular weight is 2060 g/mol. The van der Waals surface area contributed by atoms with Crippen molar-refractivity contribution in [2.75, 3.05) is 75.6 Å². The summed E-state index contributed by atoms with van der Waals surface area (Å²) >= 11 is 0. The summed E-state index contributed by atoms with van der Waals surface area (Å²) in [6.45, 7) is 51.2. The number of hydrogen-bond acceptors (Lipinski definition) is 36. The second-order valence-corrected chi connectivity index (χ2v) is 42.4.